The first-order chi connectivity index (χ1) is 8.29. The molecular weight excluding hydrogens is 243 g/mol. The molecular formula is C13H14F3NO. The van der Waals surface area contributed by atoms with Gasteiger partial charge in [-0.2, -0.15) is 13.2 Å². The van der Waals surface area contributed by atoms with E-state index in [0.717, 1.165) is 23.3 Å². The fourth-order valence-corrected chi connectivity index (χ4v) is 2.08. The van der Waals surface area contributed by atoms with Crippen LogP contribution in [0.3, 0.4) is 0 Å². The molecule has 5 heteroatoms. The van der Waals surface area contributed by atoms with Crippen molar-refractivity contribution in [1.82, 2.24) is 4.57 Å². The summed E-state index contributed by atoms with van der Waals surface area (Å²) in [7, 11) is 1.79. The Hall–Kier alpha value is -1.49. The summed E-state index contributed by atoms with van der Waals surface area (Å²) < 4.78 is 39.6. The highest BCUT2D eigenvalue weighted by atomic mass is 19.4. The number of hydrogen-bond donors (Lipinski definition) is 1. The molecule has 1 aromatic heterocycles. The molecule has 0 bridgehead atoms. The molecule has 0 amide bonds. The van der Waals surface area contributed by atoms with E-state index in [1.165, 1.54) is 6.07 Å². The van der Waals surface area contributed by atoms with Gasteiger partial charge in [0.2, 0.25) is 0 Å². The lowest BCUT2D eigenvalue weighted by molar-refractivity contribution is -0.137. The maximum atomic E-state index is 12.6. The van der Waals surface area contributed by atoms with Crippen LogP contribution < -0.4 is 0 Å². The number of benzene rings is 1. The summed E-state index contributed by atoms with van der Waals surface area (Å²) in [5.41, 5.74) is 0.905. The molecule has 18 heavy (non-hydrogen) atoms. The van der Waals surface area contributed by atoms with E-state index in [-0.39, 0.29) is 0 Å². The molecule has 2 aromatic rings. The molecule has 1 N–H and O–H groups in total. The number of alkyl halides is 3. The summed E-state index contributed by atoms with van der Waals surface area (Å²) in [5, 5.41) is 9.89. The van der Waals surface area contributed by atoms with Crippen LogP contribution in [0.25, 0.3) is 10.9 Å². The minimum absolute atomic E-state index is 0.423. The first-order valence-electron chi connectivity index (χ1n) is 5.62. The molecule has 1 aromatic carbocycles. The van der Waals surface area contributed by atoms with E-state index in [1.807, 2.05) is 4.57 Å². The predicted molar refractivity (Wildman–Crippen MR) is 63.3 cm³/mol. The molecule has 1 atom stereocenters. The van der Waals surface area contributed by atoms with Gasteiger partial charge in [0.1, 0.15) is 0 Å². The van der Waals surface area contributed by atoms with Gasteiger partial charge in [-0.3, -0.25) is 0 Å². The molecule has 0 saturated heterocycles. The average Bonchev–Trinajstić information content (AvgIpc) is 2.53. The fraction of sp³-hybridized carbons (Fsp3) is 0.385. The van der Waals surface area contributed by atoms with Crippen LogP contribution in [0.5, 0.6) is 0 Å². The van der Waals surface area contributed by atoms with Crippen molar-refractivity contribution in [2.75, 3.05) is 0 Å². The molecule has 0 aliphatic heterocycles. The van der Waals surface area contributed by atoms with Crippen LogP contribution in [0.1, 0.15) is 18.2 Å². The van der Waals surface area contributed by atoms with Crippen molar-refractivity contribution < 1.29 is 18.3 Å². The number of aryl methyl sites for hydroxylation is 1. The van der Waals surface area contributed by atoms with Gasteiger partial charge in [0.25, 0.3) is 0 Å². The molecule has 0 fully saturated rings. The van der Waals surface area contributed by atoms with Gasteiger partial charge in [0.15, 0.2) is 0 Å². The number of aliphatic hydroxyl groups excluding tert-OH is 1. The average molecular weight is 257 g/mol. The third-order valence-corrected chi connectivity index (χ3v) is 2.97. The molecule has 2 nitrogen and oxygen atoms in total. The number of halogens is 3. The Kier molecular flexibility index (Phi) is 3.11. The molecule has 0 aliphatic carbocycles. The van der Waals surface area contributed by atoms with Gasteiger partial charge in [-0.25, -0.2) is 0 Å². The Morgan fingerprint density at radius 3 is 2.50 bits per heavy atom. The minimum Gasteiger partial charge on any atom is -0.393 e. The van der Waals surface area contributed by atoms with Crippen LogP contribution in [0.15, 0.2) is 24.3 Å². The predicted octanol–water partition coefficient (Wildman–Crippen LogP) is 3.12. The van der Waals surface area contributed by atoms with Crippen molar-refractivity contribution in [2.45, 2.75) is 25.6 Å². The van der Waals surface area contributed by atoms with Crippen molar-refractivity contribution in [2.24, 2.45) is 7.05 Å². The largest absolute Gasteiger partial charge is 0.416 e. The van der Waals surface area contributed by atoms with E-state index in [1.54, 1.807) is 20.0 Å². The zero-order chi connectivity index (χ0) is 13.5. The van der Waals surface area contributed by atoms with Crippen LogP contribution in [-0.4, -0.2) is 15.8 Å². The summed E-state index contributed by atoms with van der Waals surface area (Å²) in [6.07, 6.45) is -4.42. The highest BCUT2D eigenvalue weighted by Crippen LogP contribution is 2.32. The van der Waals surface area contributed by atoms with E-state index in [9.17, 15) is 18.3 Å². The van der Waals surface area contributed by atoms with Crippen molar-refractivity contribution in [3.8, 4) is 0 Å². The van der Waals surface area contributed by atoms with Crippen LogP contribution in [-0.2, 0) is 19.6 Å². The van der Waals surface area contributed by atoms with Gasteiger partial charge in [0, 0.05) is 30.1 Å². The van der Waals surface area contributed by atoms with E-state index in [4.69, 9.17) is 0 Å². The van der Waals surface area contributed by atoms with Crippen LogP contribution >= 0.6 is 0 Å². The smallest absolute Gasteiger partial charge is 0.393 e. The maximum absolute atomic E-state index is 12.6. The van der Waals surface area contributed by atoms with E-state index in [0.29, 0.717) is 11.8 Å². The number of fused-ring (bicyclic) bond motifs is 1. The Bertz CT molecular complexity index is 569. The van der Waals surface area contributed by atoms with Crippen molar-refractivity contribution in [3.05, 3.63) is 35.5 Å². The van der Waals surface area contributed by atoms with Crippen molar-refractivity contribution in [3.63, 3.8) is 0 Å². The number of aliphatic hydroxyl groups is 1. The summed E-state index contributed by atoms with van der Waals surface area (Å²) >= 11 is 0. The second-order valence-corrected chi connectivity index (χ2v) is 4.52. The minimum atomic E-state index is -4.32. The lowest BCUT2D eigenvalue weighted by Crippen LogP contribution is -2.07. The second kappa shape index (κ2) is 4.31. The number of hydrogen-bond acceptors (Lipinski definition) is 1. The standard InChI is InChI=1S/C13H14F3NO/c1-8(18)5-11-7-9-6-10(13(14,15)16)3-4-12(9)17(11)2/h3-4,6-8,18H,5H2,1-2H3. The molecule has 0 radical (unpaired) electrons. The van der Waals surface area contributed by atoms with Crippen molar-refractivity contribution in [1.29, 1.82) is 0 Å². The van der Waals surface area contributed by atoms with Gasteiger partial charge in [-0.15, -0.1) is 0 Å². The zero-order valence-electron chi connectivity index (χ0n) is 10.1. The second-order valence-electron chi connectivity index (χ2n) is 4.52. The lowest BCUT2D eigenvalue weighted by Gasteiger charge is -2.07. The monoisotopic (exact) mass is 257 g/mol. The molecule has 0 aliphatic rings. The fourth-order valence-electron chi connectivity index (χ4n) is 2.08. The third-order valence-electron chi connectivity index (χ3n) is 2.97. The van der Waals surface area contributed by atoms with Crippen molar-refractivity contribution >= 4 is 10.9 Å². The number of aromatic nitrogens is 1. The quantitative estimate of drug-likeness (QED) is 0.878. The topological polar surface area (TPSA) is 25.2 Å². The van der Waals surface area contributed by atoms with Crippen LogP contribution in [0.2, 0.25) is 0 Å². The highest BCUT2D eigenvalue weighted by molar-refractivity contribution is 5.82. The lowest BCUT2D eigenvalue weighted by atomic mass is 10.1. The first kappa shape index (κ1) is 13.0. The van der Waals surface area contributed by atoms with Crippen LogP contribution in [0.4, 0.5) is 13.2 Å². The third kappa shape index (κ3) is 2.36. The zero-order valence-corrected chi connectivity index (χ0v) is 10.1. The van der Waals surface area contributed by atoms with E-state index < -0.39 is 17.8 Å². The van der Waals surface area contributed by atoms with Gasteiger partial charge in [-0.1, -0.05) is 0 Å². The Morgan fingerprint density at radius 2 is 1.94 bits per heavy atom. The van der Waals surface area contributed by atoms with Crippen LogP contribution in [0, 0.1) is 0 Å². The number of rotatable bonds is 2. The molecule has 0 saturated carbocycles. The maximum Gasteiger partial charge on any atom is 0.416 e. The summed E-state index contributed by atoms with van der Waals surface area (Å²) in [6, 6.07) is 5.37. The Labute approximate surface area is 103 Å². The normalized spacial score (nSPS) is 14.1. The highest BCUT2D eigenvalue weighted by Gasteiger charge is 2.30. The van der Waals surface area contributed by atoms with E-state index in [2.05, 4.69) is 0 Å². The van der Waals surface area contributed by atoms with Gasteiger partial charge < -0.3 is 9.67 Å². The molecule has 0 spiro atoms. The molecule has 2 rings (SSSR count). The van der Waals surface area contributed by atoms with Gasteiger partial charge in [-0.05, 0) is 31.2 Å². The molecule has 98 valence electrons. The summed E-state index contributed by atoms with van der Waals surface area (Å²) in [5.74, 6) is 0. The van der Waals surface area contributed by atoms with Gasteiger partial charge >= 0.3 is 6.18 Å². The Morgan fingerprint density at radius 1 is 1.28 bits per heavy atom. The summed E-state index contributed by atoms with van der Waals surface area (Å²) in [6.45, 7) is 1.65. The van der Waals surface area contributed by atoms with E-state index >= 15 is 0 Å². The molecule has 1 heterocycles. The van der Waals surface area contributed by atoms with Gasteiger partial charge in [0.05, 0.1) is 11.7 Å². The SMILES string of the molecule is CC(O)Cc1cc2cc(C(F)(F)F)ccc2n1C. The molecule has 1 unspecified atom stereocenters. The first-order valence-corrected chi connectivity index (χ1v) is 5.62. The Balaban J connectivity index is 2.52. The summed E-state index contributed by atoms with van der Waals surface area (Å²) in [4.78, 5) is 0. The number of nitrogens with zero attached hydrogens (tertiary/aromatic N) is 1.